The van der Waals surface area contributed by atoms with Gasteiger partial charge in [-0.1, -0.05) is 0 Å². The summed E-state index contributed by atoms with van der Waals surface area (Å²) in [5, 5.41) is 9.79. The van der Waals surface area contributed by atoms with Crippen LogP contribution in [0.3, 0.4) is 0 Å². The summed E-state index contributed by atoms with van der Waals surface area (Å²) >= 11 is 0. The molecule has 1 unspecified atom stereocenters. The molecule has 27 heavy (non-hydrogen) atoms. The lowest BCUT2D eigenvalue weighted by atomic mass is 9.82. The maximum atomic E-state index is 13.6. The number of nitrogens with zero attached hydrogens (tertiary/aromatic N) is 4. The van der Waals surface area contributed by atoms with E-state index in [1.807, 2.05) is 27.5 Å². The highest BCUT2D eigenvalue weighted by molar-refractivity contribution is 5.93. The molecule has 1 atom stereocenters. The van der Waals surface area contributed by atoms with Crippen LogP contribution in [0.2, 0.25) is 0 Å². The molecular formula is C20H30N4O3. The van der Waals surface area contributed by atoms with Gasteiger partial charge in [0, 0.05) is 31.5 Å². The molecule has 2 saturated heterocycles. The third-order valence-electron chi connectivity index (χ3n) is 6.77. The number of aryl methyl sites for hydroxylation is 1. The van der Waals surface area contributed by atoms with Crippen molar-refractivity contribution >= 4 is 11.8 Å². The van der Waals surface area contributed by atoms with Gasteiger partial charge in [0.05, 0.1) is 6.10 Å². The molecule has 1 aromatic rings. The lowest BCUT2D eigenvalue weighted by molar-refractivity contribution is -0.158. The summed E-state index contributed by atoms with van der Waals surface area (Å²) in [6.45, 7) is 3.58. The zero-order valence-corrected chi connectivity index (χ0v) is 16.1. The first-order chi connectivity index (χ1) is 13.0. The average Bonchev–Trinajstić information content (AvgIpc) is 3.26. The molecule has 3 aliphatic rings. The molecule has 1 saturated carbocycles. The largest absolute Gasteiger partial charge is 0.393 e. The van der Waals surface area contributed by atoms with Crippen LogP contribution in [-0.2, 0) is 16.1 Å². The van der Waals surface area contributed by atoms with Gasteiger partial charge in [0.2, 0.25) is 11.8 Å². The minimum atomic E-state index is -0.653. The third kappa shape index (κ3) is 3.26. The minimum absolute atomic E-state index is 0.0165. The van der Waals surface area contributed by atoms with E-state index in [0.29, 0.717) is 6.54 Å². The van der Waals surface area contributed by atoms with Gasteiger partial charge >= 0.3 is 0 Å². The van der Waals surface area contributed by atoms with Crippen molar-refractivity contribution in [2.75, 3.05) is 13.1 Å². The maximum absolute atomic E-state index is 13.6. The Bertz CT molecular complexity index is 710. The molecule has 1 aliphatic carbocycles. The second kappa shape index (κ2) is 7.26. The quantitative estimate of drug-likeness (QED) is 0.869. The number of hydrogen-bond acceptors (Lipinski definition) is 4. The molecule has 4 rings (SSSR count). The van der Waals surface area contributed by atoms with E-state index in [2.05, 4.69) is 4.98 Å². The Balaban J connectivity index is 1.52. The van der Waals surface area contributed by atoms with Crippen LogP contribution in [0.5, 0.6) is 0 Å². The lowest BCUT2D eigenvalue weighted by Crippen LogP contribution is -2.63. The zero-order valence-electron chi connectivity index (χ0n) is 16.1. The molecule has 1 aromatic heterocycles. The van der Waals surface area contributed by atoms with Gasteiger partial charge in [-0.05, 0) is 58.3 Å². The van der Waals surface area contributed by atoms with E-state index >= 15 is 0 Å². The summed E-state index contributed by atoms with van der Waals surface area (Å²) in [6, 6.07) is 0.214. The monoisotopic (exact) mass is 374 g/mol. The van der Waals surface area contributed by atoms with E-state index in [9.17, 15) is 14.7 Å². The number of amides is 2. The Morgan fingerprint density at radius 2 is 1.93 bits per heavy atom. The van der Waals surface area contributed by atoms with E-state index in [4.69, 9.17) is 0 Å². The molecule has 3 fully saturated rings. The number of likely N-dealkylation sites (tertiary alicyclic amines) is 2. The smallest absolute Gasteiger partial charge is 0.248 e. The summed E-state index contributed by atoms with van der Waals surface area (Å²) in [5.74, 6) is 0.972. The van der Waals surface area contributed by atoms with Crippen molar-refractivity contribution in [2.24, 2.45) is 0 Å². The zero-order chi connectivity index (χ0) is 19.0. The number of hydrogen-bond donors (Lipinski definition) is 1. The Morgan fingerprint density at radius 3 is 2.59 bits per heavy atom. The van der Waals surface area contributed by atoms with Crippen molar-refractivity contribution in [1.29, 1.82) is 0 Å². The molecule has 7 nitrogen and oxygen atoms in total. The molecular weight excluding hydrogens is 344 g/mol. The van der Waals surface area contributed by atoms with Crippen molar-refractivity contribution in [1.82, 2.24) is 19.4 Å². The fourth-order valence-electron chi connectivity index (χ4n) is 5.26. The predicted molar refractivity (Wildman–Crippen MR) is 99.9 cm³/mol. The van der Waals surface area contributed by atoms with Crippen molar-refractivity contribution in [3.8, 4) is 0 Å². The van der Waals surface area contributed by atoms with Gasteiger partial charge in [0.15, 0.2) is 0 Å². The van der Waals surface area contributed by atoms with Crippen LogP contribution in [0, 0.1) is 6.92 Å². The summed E-state index contributed by atoms with van der Waals surface area (Å²) in [5.41, 5.74) is -0.653. The molecule has 2 aliphatic heterocycles. The normalized spacial score (nSPS) is 31.7. The van der Waals surface area contributed by atoms with Crippen LogP contribution in [0.15, 0.2) is 12.4 Å². The van der Waals surface area contributed by atoms with Crippen LogP contribution < -0.4 is 0 Å². The Hall–Kier alpha value is -1.89. The maximum Gasteiger partial charge on any atom is 0.248 e. The molecule has 1 spiro atoms. The number of carbonyl (C=O) groups is 2. The number of piperidine rings is 1. The SMILES string of the molecule is Cc1nccn1CC(=O)N1CCCC12CCCN(C1CCC(O)CC1)C2=O. The number of imidazole rings is 1. The number of aliphatic hydroxyl groups is 1. The van der Waals surface area contributed by atoms with Crippen LogP contribution in [-0.4, -0.2) is 67.0 Å². The molecule has 0 bridgehead atoms. The van der Waals surface area contributed by atoms with Crippen LogP contribution in [0.4, 0.5) is 0 Å². The lowest BCUT2D eigenvalue weighted by Gasteiger charge is -2.48. The standard InChI is InChI=1S/C20H30N4O3/c1-15-21-10-13-22(15)14-18(26)24-12-3-9-20(24)8-2-11-23(19(20)27)16-4-6-17(25)7-5-16/h10,13,16-17,25H,2-9,11-12,14H2,1H3. The van der Waals surface area contributed by atoms with Crippen molar-refractivity contribution < 1.29 is 14.7 Å². The van der Waals surface area contributed by atoms with Gasteiger partial charge < -0.3 is 19.5 Å². The molecule has 0 aromatic carbocycles. The Morgan fingerprint density at radius 1 is 1.22 bits per heavy atom. The van der Waals surface area contributed by atoms with E-state index in [0.717, 1.165) is 63.7 Å². The van der Waals surface area contributed by atoms with E-state index in [1.54, 1.807) is 6.20 Å². The molecule has 7 heteroatoms. The number of carbonyl (C=O) groups excluding carboxylic acids is 2. The Kier molecular flexibility index (Phi) is 4.97. The first-order valence-corrected chi connectivity index (χ1v) is 10.3. The van der Waals surface area contributed by atoms with Crippen molar-refractivity contribution in [2.45, 2.75) is 82.5 Å². The number of rotatable bonds is 3. The highest BCUT2D eigenvalue weighted by Crippen LogP contribution is 2.40. The predicted octanol–water partition coefficient (Wildman–Crippen LogP) is 1.48. The first kappa shape index (κ1) is 18.5. The fraction of sp³-hybridized carbons (Fsp3) is 0.750. The number of aromatic nitrogens is 2. The molecule has 2 amide bonds. The minimum Gasteiger partial charge on any atom is -0.393 e. The fourth-order valence-corrected chi connectivity index (χ4v) is 5.26. The van der Waals surface area contributed by atoms with Crippen LogP contribution in [0.1, 0.15) is 57.2 Å². The highest BCUT2D eigenvalue weighted by Gasteiger charge is 2.53. The summed E-state index contributed by atoms with van der Waals surface area (Å²) < 4.78 is 1.85. The summed E-state index contributed by atoms with van der Waals surface area (Å²) in [4.78, 5) is 34.7. The molecule has 1 N–H and O–H groups in total. The summed E-state index contributed by atoms with van der Waals surface area (Å²) in [7, 11) is 0. The Labute approximate surface area is 160 Å². The van der Waals surface area contributed by atoms with Crippen LogP contribution in [0.25, 0.3) is 0 Å². The highest BCUT2D eigenvalue weighted by atomic mass is 16.3. The van der Waals surface area contributed by atoms with Crippen molar-refractivity contribution in [3.63, 3.8) is 0 Å². The van der Waals surface area contributed by atoms with Gasteiger partial charge in [0.1, 0.15) is 17.9 Å². The van der Waals surface area contributed by atoms with Gasteiger partial charge in [0.25, 0.3) is 0 Å². The summed E-state index contributed by atoms with van der Waals surface area (Å²) in [6.07, 6.45) is 9.93. The van der Waals surface area contributed by atoms with Gasteiger partial charge in [-0.25, -0.2) is 4.98 Å². The number of aliphatic hydroxyl groups excluding tert-OH is 1. The van der Waals surface area contributed by atoms with E-state index < -0.39 is 5.54 Å². The van der Waals surface area contributed by atoms with Gasteiger partial charge in [-0.15, -0.1) is 0 Å². The molecule has 148 valence electrons. The second-order valence-corrected chi connectivity index (χ2v) is 8.35. The van der Waals surface area contributed by atoms with Crippen molar-refractivity contribution in [3.05, 3.63) is 18.2 Å². The third-order valence-corrected chi connectivity index (χ3v) is 6.77. The second-order valence-electron chi connectivity index (χ2n) is 8.35. The van der Waals surface area contributed by atoms with Gasteiger partial charge in [-0.2, -0.15) is 0 Å². The average molecular weight is 374 g/mol. The van der Waals surface area contributed by atoms with Crippen LogP contribution >= 0.6 is 0 Å². The molecule has 0 radical (unpaired) electrons. The van der Waals surface area contributed by atoms with Gasteiger partial charge in [-0.3, -0.25) is 9.59 Å². The van der Waals surface area contributed by atoms with E-state index in [1.165, 1.54) is 0 Å². The topological polar surface area (TPSA) is 78.7 Å². The first-order valence-electron chi connectivity index (χ1n) is 10.3. The van der Waals surface area contributed by atoms with E-state index in [-0.39, 0.29) is 30.5 Å². The molecule has 3 heterocycles.